The van der Waals surface area contributed by atoms with Gasteiger partial charge in [-0.05, 0) is 0 Å². The first-order valence-corrected chi connectivity index (χ1v) is 6.78. The van der Waals surface area contributed by atoms with Crippen LogP contribution in [0.2, 0.25) is 0 Å². The first-order valence-electron chi connectivity index (χ1n) is 6.78. The zero-order valence-electron chi connectivity index (χ0n) is 12.7. The van der Waals surface area contributed by atoms with Crippen molar-refractivity contribution in [2.75, 3.05) is 31.6 Å². The van der Waals surface area contributed by atoms with Gasteiger partial charge in [-0.3, -0.25) is 15.0 Å². The fourth-order valence-electron chi connectivity index (χ4n) is 2.16. The molecule has 0 aromatic carbocycles. The Balaban J connectivity index is 2.14. The zero-order chi connectivity index (χ0) is 17.9. The monoisotopic (exact) mass is 344 g/mol. The summed E-state index contributed by atoms with van der Waals surface area (Å²) in [5, 5.41) is 8.53. The number of rotatable bonds is 3. The summed E-state index contributed by atoms with van der Waals surface area (Å²) in [4.78, 5) is 25.7. The van der Waals surface area contributed by atoms with Crippen LogP contribution in [-0.2, 0) is 0 Å². The van der Waals surface area contributed by atoms with Crippen LogP contribution in [0.15, 0.2) is 29.7 Å². The van der Waals surface area contributed by atoms with Gasteiger partial charge < -0.3 is 9.80 Å². The lowest BCUT2D eigenvalue weighted by Crippen LogP contribution is -2.52. The number of hydrogen-bond donors (Lipinski definition) is 2. The second kappa shape index (κ2) is 6.83. The molecule has 0 saturated carbocycles. The van der Waals surface area contributed by atoms with E-state index in [1.165, 1.54) is 24.9 Å². The van der Waals surface area contributed by atoms with E-state index in [-0.39, 0.29) is 37.0 Å². The van der Waals surface area contributed by atoms with E-state index in [0.717, 1.165) is 4.90 Å². The van der Waals surface area contributed by atoms with Crippen molar-refractivity contribution in [3.63, 3.8) is 0 Å². The second-order valence-electron chi connectivity index (χ2n) is 4.87. The maximum atomic E-state index is 12.8. The van der Waals surface area contributed by atoms with Crippen LogP contribution in [0.3, 0.4) is 0 Å². The van der Waals surface area contributed by atoms with Gasteiger partial charge in [-0.2, -0.15) is 13.2 Å². The Kier molecular flexibility index (Phi) is 5.02. The third-order valence-corrected chi connectivity index (χ3v) is 3.43. The summed E-state index contributed by atoms with van der Waals surface area (Å²) >= 11 is 0. The van der Waals surface area contributed by atoms with Gasteiger partial charge in [-0.25, -0.2) is 15.4 Å². The molecule has 1 aromatic heterocycles. The Bertz CT molecular complexity index is 659. The Morgan fingerprint density at radius 2 is 2.00 bits per heavy atom. The number of aromatic nitrogens is 2. The highest BCUT2D eigenvalue weighted by molar-refractivity contribution is 5.93. The molecule has 130 valence electrons. The van der Waals surface area contributed by atoms with E-state index in [0.29, 0.717) is 0 Å². The summed E-state index contributed by atoms with van der Waals surface area (Å²) in [5.41, 5.74) is 0.531. The Hall–Kier alpha value is -2.69. The maximum absolute atomic E-state index is 12.8. The molecular formula is C13H15F3N6O2. The highest BCUT2D eigenvalue weighted by atomic mass is 19.4. The molecule has 1 amide bonds. The minimum atomic E-state index is -4.53. The van der Waals surface area contributed by atoms with Crippen molar-refractivity contribution in [3.05, 3.63) is 30.2 Å². The number of anilines is 1. The quantitative estimate of drug-likeness (QED) is 0.623. The summed E-state index contributed by atoms with van der Waals surface area (Å²) < 4.78 is 38.5. The van der Waals surface area contributed by atoms with Gasteiger partial charge in [0, 0.05) is 32.5 Å². The number of aliphatic imine (C=N–C) groups is 1. The molecule has 1 aromatic rings. The molecule has 2 rings (SSSR count). The van der Waals surface area contributed by atoms with Crippen LogP contribution in [0.5, 0.6) is 0 Å². The number of piperazine rings is 1. The fraction of sp³-hybridized carbons (Fsp3) is 0.385. The number of amidine groups is 1. The minimum absolute atomic E-state index is 0.0211. The Labute approximate surface area is 135 Å². The van der Waals surface area contributed by atoms with Crippen LogP contribution in [0.25, 0.3) is 0 Å². The third-order valence-electron chi connectivity index (χ3n) is 3.43. The maximum Gasteiger partial charge on any atom is 0.430 e. The Morgan fingerprint density at radius 1 is 1.38 bits per heavy atom. The van der Waals surface area contributed by atoms with Gasteiger partial charge in [0.25, 0.3) is 5.91 Å². The largest absolute Gasteiger partial charge is 0.430 e. The molecule has 8 nitrogen and oxygen atoms in total. The molecule has 2 N–H and O–H groups in total. The molecule has 24 heavy (non-hydrogen) atoms. The average molecular weight is 344 g/mol. The summed E-state index contributed by atoms with van der Waals surface area (Å²) in [7, 11) is 1.39. The average Bonchev–Trinajstić information content (AvgIpc) is 2.59. The van der Waals surface area contributed by atoms with E-state index < -0.39 is 17.8 Å². The SMILES string of the molecule is C=C(N1CCN(c2ncc(C(=O)NO)cn2)CC1=NC)C(F)(F)F. The standard InChI is InChI=1S/C13H15F3N6O2/c1-8(13(14,15)16)22-4-3-21(7-10(22)17-2)12-18-5-9(6-19-12)11(23)20-24/h5-6,24H,1,3-4,7H2,2H3,(H,20,23). The molecule has 1 aliphatic rings. The summed E-state index contributed by atoms with van der Waals surface area (Å²) in [6.07, 6.45) is -2.12. The summed E-state index contributed by atoms with van der Waals surface area (Å²) in [5.74, 6) is -0.337. The van der Waals surface area contributed by atoms with E-state index in [9.17, 15) is 18.0 Å². The van der Waals surface area contributed by atoms with E-state index in [2.05, 4.69) is 21.5 Å². The fourth-order valence-corrected chi connectivity index (χ4v) is 2.16. The number of hydrogen-bond acceptors (Lipinski definition) is 6. The Morgan fingerprint density at radius 3 is 2.50 bits per heavy atom. The molecular weight excluding hydrogens is 329 g/mol. The molecule has 0 unspecified atom stereocenters. The lowest BCUT2D eigenvalue weighted by atomic mass is 10.2. The van der Waals surface area contributed by atoms with Gasteiger partial charge in [0.15, 0.2) is 0 Å². The zero-order valence-corrected chi connectivity index (χ0v) is 12.7. The van der Waals surface area contributed by atoms with Crippen LogP contribution < -0.4 is 10.4 Å². The van der Waals surface area contributed by atoms with E-state index in [4.69, 9.17) is 5.21 Å². The highest BCUT2D eigenvalue weighted by Gasteiger charge is 2.39. The molecule has 2 heterocycles. The van der Waals surface area contributed by atoms with Crippen molar-refractivity contribution < 1.29 is 23.2 Å². The number of carbonyl (C=O) groups is 1. The van der Waals surface area contributed by atoms with E-state index in [1.807, 2.05) is 0 Å². The molecule has 0 aliphatic carbocycles. The van der Waals surface area contributed by atoms with Crippen molar-refractivity contribution in [3.8, 4) is 0 Å². The number of nitrogens with one attached hydrogen (secondary N) is 1. The first-order chi connectivity index (χ1) is 11.3. The predicted octanol–water partition coefficient (Wildman–Crippen LogP) is 0.822. The van der Waals surface area contributed by atoms with Gasteiger partial charge >= 0.3 is 6.18 Å². The minimum Gasteiger partial charge on any atom is -0.332 e. The number of allylic oxidation sites excluding steroid dienone is 1. The molecule has 0 spiro atoms. The van der Waals surface area contributed by atoms with Gasteiger partial charge in [-0.15, -0.1) is 0 Å². The highest BCUT2D eigenvalue weighted by Crippen LogP contribution is 2.28. The van der Waals surface area contributed by atoms with Gasteiger partial charge in [0.1, 0.15) is 11.5 Å². The van der Waals surface area contributed by atoms with Crippen molar-refractivity contribution in [2.24, 2.45) is 4.99 Å². The van der Waals surface area contributed by atoms with Gasteiger partial charge in [0.05, 0.1) is 12.1 Å². The first kappa shape index (κ1) is 17.7. The van der Waals surface area contributed by atoms with Crippen molar-refractivity contribution in [2.45, 2.75) is 6.18 Å². The number of amides is 1. The van der Waals surface area contributed by atoms with Crippen LogP contribution in [0.4, 0.5) is 19.1 Å². The topological polar surface area (TPSA) is 94.0 Å². The van der Waals surface area contributed by atoms with Crippen LogP contribution in [-0.4, -0.2) is 64.7 Å². The van der Waals surface area contributed by atoms with Crippen molar-refractivity contribution in [1.29, 1.82) is 0 Å². The molecule has 0 radical (unpaired) electrons. The molecule has 1 fully saturated rings. The number of hydroxylamine groups is 1. The second-order valence-corrected chi connectivity index (χ2v) is 4.87. The van der Waals surface area contributed by atoms with Crippen molar-refractivity contribution >= 4 is 17.7 Å². The van der Waals surface area contributed by atoms with Crippen molar-refractivity contribution in [1.82, 2.24) is 20.3 Å². The number of alkyl halides is 3. The molecule has 1 saturated heterocycles. The van der Waals surface area contributed by atoms with E-state index in [1.54, 1.807) is 4.90 Å². The summed E-state index contributed by atoms with van der Waals surface area (Å²) in [6, 6.07) is 0. The van der Waals surface area contributed by atoms with Crippen LogP contribution in [0, 0.1) is 0 Å². The van der Waals surface area contributed by atoms with E-state index >= 15 is 0 Å². The van der Waals surface area contributed by atoms with Gasteiger partial charge in [0.2, 0.25) is 5.95 Å². The molecule has 1 aliphatic heterocycles. The molecule has 0 bridgehead atoms. The predicted molar refractivity (Wildman–Crippen MR) is 78.8 cm³/mol. The number of carbonyl (C=O) groups excluding carboxylic acids is 1. The number of halogens is 3. The molecule has 0 atom stereocenters. The van der Waals surface area contributed by atoms with Crippen LogP contribution in [0.1, 0.15) is 10.4 Å². The van der Waals surface area contributed by atoms with Crippen LogP contribution >= 0.6 is 0 Å². The molecule has 11 heteroatoms. The summed E-state index contributed by atoms with van der Waals surface area (Å²) in [6.45, 7) is 3.40. The smallest absolute Gasteiger partial charge is 0.332 e. The lowest BCUT2D eigenvalue weighted by molar-refractivity contribution is -0.105. The third kappa shape index (κ3) is 3.62. The number of nitrogens with zero attached hydrogens (tertiary/aromatic N) is 5. The normalized spacial score (nSPS) is 17.1. The lowest BCUT2D eigenvalue weighted by Gasteiger charge is -2.38. The van der Waals surface area contributed by atoms with Gasteiger partial charge in [-0.1, -0.05) is 6.58 Å².